The maximum atomic E-state index is 10.4. The molecule has 3 heteroatoms. The number of carbonyl (C=O) groups excluding carboxylic acids is 1. The van der Waals surface area contributed by atoms with Crippen LogP contribution in [-0.4, -0.2) is 16.0 Å². The molecule has 1 aromatic carbocycles. The Labute approximate surface area is 63.3 Å². The van der Waals surface area contributed by atoms with Crippen LogP contribution in [0, 0.1) is 6.33 Å². The Morgan fingerprint density at radius 3 is 3.09 bits per heavy atom. The fraction of sp³-hybridized carbons (Fsp3) is 0. The molecule has 3 nitrogen and oxygen atoms in total. The molecule has 2 rings (SSSR count). The molecule has 11 heavy (non-hydrogen) atoms. The van der Waals surface area contributed by atoms with Crippen LogP contribution in [0.25, 0.3) is 11.0 Å². The number of para-hydroxylation sites is 2. The van der Waals surface area contributed by atoms with E-state index in [1.165, 1.54) is 4.57 Å². The number of rotatable bonds is 1. The maximum absolute atomic E-state index is 10.4. The molecule has 0 fully saturated rings. The van der Waals surface area contributed by atoms with E-state index in [-0.39, 0.29) is 0 Å². The van der Waals surface area contributed by atoms with Crippen molar-refractivity contribution >= 4 is 17.4 Å². The van der Waals surface area contributed by atoms with Crippen molar-refractivity contribution in [3.8, 4) is 0 Å². The predicted molar refractivity (Wildman–Crippen MR) is 40.7 cm³/mol. The Bertz CT molecular complexity index is 392. The SMILES string of the molecule is O=Cn1[c]nc2ccccc21. The molecule has 1 heterocycles. The molecule has 1 radical (unpaired) electrons. The van der Waals surface area contributed by atoms with E-state index in [0.717, 1.165) is 11.0 Å². The maximum Gasteiger partial charge on any atom is 0.220 e. The molecule has 0 aliphatic rings. The van der Waals surface area contributed by atoms with Gasteiger partial charge >= 0.3 is 0 Å². The van der Waals surface area contributed by atoms with Gasteiger partial charge in [0.25, 0.3) is 0 Å². The van der Waals surface area contributed by atoms with Gasteiger partial charge in [-0.25, -0.2) is 4.98 Å². The van der Waals surface area contributed by atoms with E-state index in [1.807, 2.05) is 24.3 Å². The number of aromatic nitrogens is 2. The zero-order chi connectivity index (χ0) is 7.68. The van der Waals surface area contributed by atoms with Gasteiger partial charge in [-0.05, 0) is 12.1 Å². The van der Waals surface area contributed by atoms with Crippen LogP contribution in [0.5, 0.6) is 0 Å². The first-order valence-electron chi connectivity index (χ1n) is 3.22. The van der Waals surface area contributed by atoms with Gasteiger partial charge in [0.05, 0.1) is 11.0 Å². The van der Waals surface area contributed by atoms with Gasteiger partial charge in [-0.2, -0.15) is 0 Å². The monoisotopic (exact) mass is 145 g/mol. The van der Waals surface area contributed by atoms with Crippen molar-refractivity contribution in [2.45, 2.75) is 0 Å². The van der Waals surface area contributed by atoms with Gasteiger partial charge < -0.3 is 0 Å². The zero-order valence-electron chi connectivity index (χ0n) is 5.69. The third-order valence-electron chi connectivity index (χ3n) is 1.52. The van der Waals surface area contributed by atoms with Gasteiger partial charge in [-0.1, -0.05) is 12.1 Å². The van der Waals surface area contributed by atoms with Crippen LogP contribution in [0.4, 0.5) is 0 Å². The second-order valence-electron chi connectivity index (χ2n) is 2.18. The Balaban J connectivity index is 2.86. The highest BCUT2D eigenvalue weighted by molar-refractivity contribution is 5.80. The van der Waals surface area contributed by atoms with Crippen molar-refractivity contribution in [2.75, 3.05) is 0 Å². The van der Waals surface area contributed by atoms with Crippen LogP contribution in [0.1, 0.15) is 0 Å². The normalized spacial score (nSPS) is 10.2. The van der Waals surface area contributed by atoms with Gasteiger partial charge in [0.1, 0.15) is 0 Å². The number of nitrogens with zero attached hydrogens (tertiary/aromatic N) is 2. The molecule has 0 saturated heterocycles. The molecule has 53 valence electrons. The first-order valence-corrected chi connectivity index (χ1v) is 3.22. The first kappa shape index (κ1) is 6.09. The van der Waals surface area contributed by atoms with Gasteiger partial charge in [0.2, 0.25) is 6.41 Å². The summed E-state index contributed by atoms with van der Waals surface area (Å²) in [6.07, 6.45) is 3.25. The lowest BCUT2D eigenvalue weighted by Crippen LogP contribution is -1.90. The van der Waals surface area contributed by atoms with Gasteiger partial charge in [-0.15, -0.1) is 0 Å². The van der Waals surface area contributed by atoms with Crippen LogP contribution >= 0.6 is 0 Å². The molecule has 0 aliphatic heterocycles. The molecule has 0 saturated carbocycles. The van der Waals surface area contributed by atoms with Crippen LogP contribution in [0.15, 0.2) is 24.3 Å². The molecule has 0 amide bonds. The third-order valence-corrected chi connectivity index (χ3v) is 1.52. The highest BCUT2D eigenvalue weighted by atomic mass is 16.1. The topological polar surface area (TPSA) is 34.9 Å². The zero-order valence-corrected chi connectivity index (χ0v) is 5.69. The summed E-state index contributed by atoms with van der Waals surface area (Å²) in [5, 5.41) is 0. The standard InChI is InChI=1S/C8H5N2O/c11-6-10-5-9-7-3-1-2-4-8(7)10/h1-4,6H. The third kappa shape index (κ3) is 0.816. The van der Waals surface area contributed by atoms with Crippen molar-refractivity contribution in [3.63, 3.8) is 0 Å². The Kier molecular flexibility index (Phi) is 1.22. The van der Waals surface area contributed by atoms with Crippen LogP contribution < -0.4 is 0 Å². The van der Waals surface area contributed by atoms with Crippen molar-refractivity contribution in [1.29, 1.82) is 0 Å². The molecule has 0 unspecified atom stereocenters. The molecule has 2 aromatic rings. The average Bonchev–Trinajstić information content (AvgIpc) is 2.47. The molecule has 0 spiro atoms. The van der Waals surface area contributed by atoms with E-state index in [1.54, 1.807) is 0 Å². The van der Waals surface area contributed by atoms with Gasteiger partial charge in [-0.3, -0.25) is 9.36 Å². The lowest BCUT2D eigenvalue weighted by Gasteiger charge is -1.88. The minimum absolute atomic E-state index is 0.690. The van der Waals surface area contributed by atoms with E-state index < -0.39 is 0 Å². The van der Waals surface area contributed by atoms with E-state index in [9.17, 15) is 4.79 Å². The van der Waals surface area contributed by atoms with Crippen molar-refractivity contribution in [2.24, 2.45) is 0 Å². The average molecular weight is 145 g/mol. The van der Waals surface area contributed by atoms with Crippen molar-refractivity contribution in [1.82, 2.24) is 9.55 Å². The second-order valence-corrected chi connectivity index (χ2v) is 2.18. The summed E-state index contributed by atoms with van der Waals surface area (Å²) in [6, 6.07) is 7.40. The predicted octanol–water partition coefficient (Wildman–Crippen LogP) is 0.875. The number of carbonyl (C=O) groups is 1. The minimum Gasteiger partial charge on any atom is -0.278 e. The summed E-state index contributed by atoms with van der Waals surface area (Å²) in [6.45, 7) is 0. The number of imidazole rings is 1. The number of fused-ring (bicyclic) bond motifs is 1. The fourth-order valence-electron chi connectivity index (χ4n) is 1.00. The Morgan fingerprint density at radius 1 is 1.45 bits per heavy atom. The van der Waals surface area contributed by atoms with Crippen molar-refractivity contribution in [3.05, 3.63) is 30.6 Å². The Hall–Kier alpha value is -1.64. The van der Waals surface area contributed by atoms with Crippen LogP contribution in [0.3, 0.4) is 0 Å². The quantitative estimate of drug-likeness (QED) is 0.558. The lowest BCUT2D eigenvalue weighted by atomic mass is 10.3. The highest BCUT2D eigenvalue weighted by Crippen LogP contribution is 2.08. The largest absolute Gasteiger partial charge is 0.278 e. The highest BCUT2D eigenvalue weighted by Gasteiger charge is 1.98. The summed E-state index contributed by atoms with van der Waals surface area (Å²) in [5.74, 6) is 0. The molecule has 0 aliphatic carbocycles. The minimum atomic E-state index is 0.690. The number of hydrogen-bond donors (Lipinski definition) is 0. The molecular formula is C8H5N2O. The lowest BCUT2D eigenvalue weighted by molar-refractivity contribution is 0.548. The molecular weight excluding hydrogens is 140 g/mol. The van der Waals surface area contributed by atoms with Crippen LogP contribution in [-0.2, 0) is 4.79 Å². The van der Waals surface area contributed by atoms with E-state index in [4.69, 9.17) is 0 Å². The summed E-state index contributed by atoms with van der Waals surface area (Å²) < 4.78 is 1.33. The second kappa shape index (κ2) is 2.20. The molecule has 0 bridgehead atoms. The van der Waals surface area contributed by atoms with Crippen molar-refractivity contribution < 1.29 is 4.79 Å². The fourth-order valence-corrected chi connectivity index (χ4v) is 1.00. The van der Waals surface area contributed by atoms with Crippen LogP contribution in [0.2, 0.25) is 0 Å². The molecule has 1 aromatic heterocycles. The number of hydrogen-bond acceptors (Lipinski definition) is 2. The summed E-state index contributed by atoms with van der Waals surface area (Å²) >= 11 is 0. The molecule has 0 N–H and O–H groups in total. The number of benzene rings is 1. The summed E-state index contributed by atoms with van der Waals surface area (Å²) in [5.41, 5.74) is 1.59. The summed E-state index contributed by atoms with van der Waals surface area (Å²) in [7, 11) is 0. The summed E-state index contributed by atoms with van der Waals surface area (Å²) in [4.78, 5) is 14.3. The van der Waals surface area contributed by atoms with E-state index >= 15 is 0 Å². The van der Waals surface area contributed by atoms with E-state index in [2.05, 4.69) is 11.3 Å². The van der Waals surface area contributed by atoms with Gasteiger partial charge in [0.15, 0.2) is 6.33 Å². The van der Waals surface area contributed by atoms with Gasteiger partial charge in [0, 0.05) is 0 Å². The smallest absolute Gasteiger partial charge is 0.220 e. The molecule has 0 atom stereocenters. The van der Waals surface area contributed by atoms with E-state index in [0.29, 0.717) is 6.41 Å². The first-order chi connectivity index (χ1) is 5.42. The Morgan fingerprint density at radius 2 is 2.27 bits per heavy atom.